The summed E-state index contributed by atoms with van der Waals surface area (Å²) < 4.78 is 15.4. The minimum absolute atomic E-state index is 0.488. The molecule has 1 aliphatic rings. The van der Waals surface area contributed by atoms with Gasteiger partial charge >= 0.3 is 0 Å². The second-order valence-electron chi connectivity index (χ2n) is 2.21. The first-order chi connectivity index (χ1) is 5.40. The summed E-state index contributed by atoms with van der Waals surface area (Å²) in [5.74, 6) is 1.97. The van der Waals surface area contributed by atoms with E-state index in [1.165, 1.54) is 0 Å². The highest BCUT2D eigenvalue weighted by Gasteiger charge is 2.12. The Kier molecular flexibility index (Phi) is 1.35. The maximum absolute atomic E-state index is 5.25. The third-order valence-electron chi connectivity index (χ3n) is 1.51. The SMILES string of the molecule is COc1cc2c(o1)C=CCO2. The molecule has 0 saturated carbocycles. The van der Waals surface area contributed by atoms with Crippen LogP contribution in [-0.2, 0) is 0 Å². The van der Waals surface area contributed by atoms with E-state index >= 15 is 0 Å². The highest BCUT2D eigenvalue weighted by molar-refractivity contribution is 5.55. The minimum Gasteiger partial charge on any atom is -0.485 e. The third-order valence-corrected chi connectivity index (χ3v) is 1.51. The van der Waals surface area contributed by atoms with E-state index in [9.17, 15) is 0 Å². The first-order valence-corrected chi connectivity index (χ1v) is 3.37. The molecule has 1 aromatic rings. The molecule has 2 rings (SSSR count). The molecular weight excluding hydrogens is 144 g/mol. The lowest BCUT2D eigenvalue weighted by Crippen LogP contribution is -1.96. The standard InChI is InChI=1S/C8H8O3/c1-9-8-5-7-6(11-8)3-2-4-10-7/h2-3,5H,4H2,1H3. The van der Waals surface area contributed by atoms with E-state index in [1.807, 2.05) is 12.2 Å². The van der Waals surface area contributed by atoms with Crippen molar-refractivity contribution in [1.82, 2.24) is 0 Å². The van der Waals surface area contributed by atoms with E-state index in [0.29, 0.717) is 12.6 Å². The summed E-state index contributed by atoms with van der Waals surface area (Å²) in [4.78, 5) is 0. The van der Waals surface area contributed by atoms with Crippen LogP contribution in [0.3, 0.4) is 0 Å². The smallest absolute Gasteiger partial charge is 0.288 e. The summed E-state index contributed by atoms with van der Waals surface area (Å²) in [5, 5.41) is 0. The lowest BCUT2D eigenvalue weighted by atomic mass is 10.3. The fourth-order valence-corrected chi connectivity index (χ4v) is 0.989. The van der Waals surface area contributed by atoms with Crippen LogP contribution in [0.5, 0.6) is 11.7 Å². The molecule has 0 saturated heterocycles. The zero-order chi connectivity index (χ0) is 7.68. The monoisotopic (exact) mass is 152 g/mol. The number of hydrogen-bond donors (Lipinski definition) is 0. The zero-order valence-electron chi connectivity index (χ0n) is 6.16. The number of rotatable bonds is 1. The highest BCUT2D eigenvalue weighted by atomic mass is 16.6. The molecule has 3 nitrogen and oxygen atoms in total. The van der Waals surface area contributed by atoms with Crippen molar-refractivity contribution in [3.05, 3.63) is 17.9 Å². The summed E-state index contributed by atoms with van der Waals surface area (Å²) in [6.07, 6.45) is 3.77. The molecule has 0 aliphatic carbocycles. The maximum Gasteiger partial charge on any atom is 0.288 e. The Morgan fingerprint density at radius 3 is 3.18 bits per heavy atom. The summed E-state index contributed by atoms with van der Waals surface area (Å²) in [6, 6.07) is 1.73. The van der Waals surface area contributed by atoms with Gasteiger partial charge in [-0.3, -0.25) is 0 Å². The highest BCUT2D eigenvalue weighted by Crippen LogP contribution is 2.31. The average molecular weight is 152 g/mol. The average Bonchev–Trinajstić information content (AvgIpc) is 2.46. The van der Waals surface area contributed by atoms with E-state index in [-0.39, 0.29) is 0 Å². The van der Waals surface area contributed by atoms with Gasteiger partial charge in [0.2, 0.25) is 0 Å². The van der Waals surface area contributed by atoms with Crippen LogP contribution in [0.15, 0.2) is 16.6 Å². The van der Waals surface area contributed by atoms with Crippen LogP contribution in [-0.4, -0.2) is 13.7 Å². The largest absolute Gasteiger partial charge is 0.485 e. The van der Waals surface area contributed by atoms with Crippen molar-refractivity contribution in [2.75, 3.05) is 13.7 Å². The van der Waals surface area contributed by atoms with Gasteiger partial charge in [-0.05, 0) is 12.2 Å². The first-order valence-electron chi connectivity index (χ1n) is 3.37. The molecule has 2 heterocycles. The number of methoxy groups -OCH3 is 1. The topological polar surface area (TPSA) is 31.6 Å². The number of ether oxygens (including phenoxy) is 2. The summed E-state index contributed by atoms with van der Waals surface area (Å²) in [7, 11) is 1.56. The molecule has 0 amide bonds. The Hall–Kier alpha value is -1.38. The molecule has 0 atom stereocenters. The van der Waals surface area contributed by atoms with Gasteiger partial charge in [0.05, 0.1) is 13.2 Å². The first kappa shape index (κ1) is 6.34. The maximum atomic E-state index is 5.25. The molecule has 0 fully saturated rings. The van der Waals surface area contributed by atoms with Gasteiger partial charge in [0.1, 0.15) is 6.61 Å². The van der Waals surface area contributed by atoms with Gasteiger partial charge in [0.25, 0.3) is 5.95 Å². The van der Waals surface area contributed by atoms with Crippen molar-refractivity contribution < 1.29 is 13.9 Å². The second-order valence-corrected chi connectivity index (χ2v) is 2.21. The molecular formula is C8H8O3. The van der Waals surface area contributed by atoms with Crippen LogP contribution in [0.25, 0.3) is 6.08 Å². The summed E-state index contributed by atoms with van der Waals surface area (Å²) in [5.41, 5.74) is 0. The predicted molar refractivity (Wildman–Crippen MR) is 39.8 cm³/mol. The molecule has 0 radical (unpaired) electrons. The van der Waals surface area contributed by atoms with Gasteiger partial charge < -0.3 is 13.9 Å². The summed E-state index contributed by atoms with van der Waals surface area (Å²) in [6.45, 7) is 0.607. The zero-order valence-corrected chi connectivity index (χ0v) is 6.16. The van der Waals surface area contributed by atoms with E-state index in [0.717, 1.165) is 11.5 Å². The fourth-order valence-electron chi connectivity index (χ4n) is 0.989. The van der Waals surface area contributed by atoms with Gasteiger partial charge in [-0.25, -0.2) is 0 Å². The van der Waals surface area contributed by atoms with E-state index in [1.54, 1.807) is 13.2 Å². The van der Waals surface area contributed by atoms with Crippen molar-refractivity contribution in [3.8, 4) is 11.7 Å². The Labute approximate surface area is 64.2 Å². The number of fused-ring (bicyclic) bond motifs is 1. The Bertz CT molecular complexity index is 286. The summed E-state index contributed by atoms with van der Waals surface area (Å²) >= 11 is 0. The van der Waals surface area contributed by atoms with E-state index < -0.39 is 0 Å². The molecule has 1 aromatic heterocycles. The molecule has 3 heteroatoms. The van der Waals surface area contributed by atoms with E-state index in [2.05, 4.69) is 0 Å². The third kappa shape index (κ3) is 0.981. The predicted octanol–water partition coefficient (Wildman–Crippen LogP) is 1.69. The molecule has 0 unspecified atom stereocenters. The van der Waals surface area contributed by atoms with Crippen LogP contribution in [0.4, 0.5) is 0 Å². The van der Waals surface area contributed by atoms with Crippen LogP contribution in [0, 0.1) is 0 Å². The van der Waals surface area contributed by atoms with Crippen LogP contribution < -0.4 is 9.47 Å². The molecule has 58 valence electrons. The van der Waals surface area contributed by atoms with Crippen LogP contribution in [0.1, 0.15) is 5.76 Å². The quantitative estimate of drug-likeness (QED) is 0.613. The fraction of sp³-hybridized carbons (Fsp3) is 0.250. The second kappa shape index (κ2) is 2.34. The van der Waals surface area contributed by atoms with Gasteiger partial charge in [-0.2, -0.15) is 0 Å². The molecule has 0 N–H and O–H groups in total. The van der Waals surface area contributed by atoms with E-state index in [4.69, 9.17) is 13.9 Å². The lowest BCUT2D eigenvalue weighted by molar-refractivity contribution is 0.299. The van der Waals surface area contributed by atoms with Gasteiger partial charge in [0.15, 0.2) is 11.5 Å². The van der Waals surface area contributed by atoms with Crippen molar-refractivity contribution in [3.63, 3.8) is 0 Å². The van der Waals surface area contributed by atoms with Gasteiger partial charge in [0, 0.05) is 0 Å². The minimum atomic E-state index is 0.488. The number of hydrogen-bond acceptors (Lipinski definition) is 3. The number of furan rings is 1. The Balaban J connectivity index is 2.42. The van der Waals surface area contributed by atoms with Crippen LogP contribution in [0.2, 0.25) is 0 Å². The Morgan fingerprint density at radius 2 is 2.45 bits per heavy atom. The molecule has 0 spiro atoms. The van der Waals surface area contributed by atoms with Crippen LogP contribution >= 0.6 is 0 Å². The van der Waals surface area contributed by atoms with Crippen molar-refractivity contribution >= 4 is 6.08 Å². The molecule has 11 heavy (non-hydrogen) atoms. The van der Waals surface area contributed by atoms with Crippen molar-refractivity contribution in [2.24, 2.45) is 0 Å². The van der Waals surface area contributed by atoms with Gasteiger partial charge in [-0.15, -0.1) is 0 Å². The Morgan fingerprint density at radius 1 is 1.55 bits per heavy atom. The molecule has 0 aromatic carbocycles. The molecule has 1 aliphatic heterocycles. The van der Waals surface area contributed by atoms with Crippen molar-refractivity contribution in [1.29, 1.82) is 0 Å². The van der Waals surface area contributed by atoms with Crippen molar-refractivity contribution in [2.45, 2.75) is 0 Å². The normalized spacial score (nSPS) is 13.9. The van der Waals surface area contributed by atoms with Gasteiger partial charge in [-0.1, -0.05) is 0 Å². The molecule has 0 bridgehead atoms. The lowest BCUT2D eigenvalue weighted by Gasteiger charge is -2.03.